The van der Waals surface area contributed by atoms with Crippen LogP contribution in [-0.2, 0) is 4.79 Å². The molecular weight excluding hydrogens is 262 g/mol. The molecule has 0 radical (unpaired) electrons. The van der Waals surface area contributed by atoms with E-state index in [1.54, 1.807) is 4.68 Å². The lowest BCUT2D eigenvalue weighted by Crippen LogP contribution is -2.40. The Morgan fingerprint density at radius 3 is 2.53 bits per heavy atom. The third kappa shape index (κ3) is 3.11. The quantitative estimate of drug-likeness (QED) is 0.926. The summed E-state index contributed by atoms with van der Waals surface area (Å²) in [6, 6.07) is 0.0178. The van der Waals surface area contributed by atoms with Crippen molar-refractivity contribution < 1.29 is 4.79 Å². The van der Waals surface area contributed by atoms with E-state index in [2.05, 4.69) is 10.4 Å². The average Bonchev–Trinajstić information content (AvgIpc) is 2.67. The highest BCUT2D eigenvalue weighted by molar-refractivity contribution is 6.31. The third-order valence-electron chi connectivity index (χ3n) is 3.93. The summed E-state index contributed by atoms with van der Waals surface area (Å²) in [5.41, 5.74) is 1.63. The van der Waals surface area contributed by atoms with Crippen LogP contribution in [0.3, 0.4) is 0 Å². The van der Waals surface area contributed by atoms with Gasteiger partial charge in [0.2, 0.25) is 5.91 Å². The van der Waals surface area contributed by atoms with Gasteiger partial charge in [-0.3, -0.25) is 9.48 Å². The summed E-state index contributed by atoms with van der Waals surface area (Å²) in [6.07, 6.45) is 5.90. The van der Waals surface area contributed by atoms with E-state index in [1.807, 2.05) is 20.8 Å². The Kier molecular flexibility index (Phi) is 4.50. The van der Waals surface area contributed by atoms with Gasteiger partial charge in [-0.1, -0.05) is 30.9 Å². The Hall–Kier alpha value is -1.03. The van der Waals surface area contributed by atoms with Crippen molar-refractivity contribution in [2.45, 2.75) is 65.0 Å². The van der Waals surface area contributed by atoms with Gasteiger partial charge in [0.25, 0.3) is 0 Å². The molecule has 5 heteroatoms. The minimum Gasteiger partial charge on any atom is -0.352 e. The Balaban J connectivity index is 2.03. The van der Waals surface area contributed by atoms with Crippen molar-refractivity contribution in [3.05, 3.63) is 16.4 Å². The molecule has 1 heterocycles. The first-order chi connectivity index (χ1) is 9.00. The Bertz CT molecular complexity index is 464. The highest BCUT2D eigenvalue weighted by atomic mass is 35.5. The van der Waals surface area contributed by atoms with E-state index < -0.39 is 0 Å². The molecule has 1 unspecified atom stereocenters. The molecule has 1 aliphatic rings. The second-order valence-electron chi connectivity index (χ2n) is 5.45. The molecule has 0 aliphatic heterocycles. The van der Waals surface area contributed by atoms with Gasteiger partial charge in [0.15, 0.2) is 0 Å². The molecule has 1 fully saturated rings. The van der Waals surface area contributed by atoms with Crippen molar-refractivity contribution in [3.63, 3.8) is 0 Å². The standard InChI is InChI=1S/C14H22ClN3O/c1-9-13(15)10(2)18(17-9)11(3)14(19)16-12-7-5-4-6-8-12/h11-12H,4-8H2,1-3H3,(H,16,19). The van der Waals surface area contributed by atoms with E-state index in [4.69, 9.17) is 11.6 Å². The second kappa shape index (κ2) is 5.95. The number of nitrogens with zero attached hydrogens (tertiary/aromatic N) is 2. The minimum atomic E-state index is -0.312. The summed E-state index contributed by atoms with van der Waals surface area (Å²) in [6.45, 7) is 5.62. The average molecular weight is 284 g/mol. The largest absolute Gasteiger partial charge is 0.352 e. The van der Waals surface area contributed by atoms with Crippen LogP contribution < -0.4 is 5.32 Å². The van der Waals surface area contributed by atoms with Crippen LogP contribution in [0.25, 0.3) is 0 Å². The summed E-state index contributed by atoms with van der Waals surface area (Å²) in [4.78, 5) is 12.3. The molecule has 1 amide bonds. The summed E-state index contributed by atoms with van der Waals surface area (Å²) in [5.74, 6) is 0.0363. The maximum absolute atomic E-state index is 12.3. The Morgan fingerprint density at radius 1 is 1.37 bits per heavy atom. The van der Waals surface area contributed by atoms with Gasteiger partial charge in [-0.05, 0) is 33.6 Å². The monoisotopic (exact) mass is 283 g/mol. The van der Waals surface area contributed by atoms with Crippen LogP contribution in [0.15, 0.2) is 0 Å². The van der Waals surface area contributed by atoms with Gasteiger partial charge in [-0.15, -0.1) is 0 Å². The molecule has 0 saturated heterocycles. The summed E-state index contributed by atoms with van der Waals surface area (Å²) in [5, 5.41) is 8.13. The van der Waals surface area contributed by atoms with Gasteiger partial charge >= 0.3 is 0 Å². The van der Waals surface area contributed by atoms with Crippen LogP contribution in [0.5, 0.6) is 0 Å². The highest BCUT2D eigenvalue weighted by Gasteiger charge is 2.23. The van der Waals surface area contributed by atoms with Crippen molar-refractivity contribution in [2.24, 2.45) is 0 Å². The van der Waals surface area contributed by atoms with Crippen molar-refractivity contribution in [3.8, 4) is 0 Å². The van der Waals surface area contributed by atoms with Crippen LogP contribution >= 0.6 is 11.6 Å². The maximum Gasteiger partial charge on any atom is 0.244 e. The third-order valence-corrected chi connectivity index (χ3v) is 4.48. The number of aromatic nitrogens is 2. The lowest BCUT2D eigenvalue weighted by molar-refractivity contribution is -0.125. The Morgan fingerprint density at radius 2 is 2.00 bits per heavy atom. The van der Waals surface area contributed by atoms with E-state index >= 15 is 0 Å². The molecule has 19 heavy (non-hydrogen) atoms. The summed E-state index contributed by atoms with van der Waals surface area (Å²) >= 11 is 6.12. The number of amides is 1. The van der Waals surface area contributed by atoms with Crippen LogP contribution in [0.1, 0.15) is 56.5 Å². The highest BCUT2D eigenvalue weighted by Crippen LogP contribution is 2.23. The zero-order valence-corrected chi connectivity index (χ0v) is 12.6. The lowest BCUT2D eigenvalue weighted by Gasteiger charge is -2.24. The zero-order valence-electron chi connectivity index (χ0n) is 11.9. The summed E-state index contributed by atoms with van der Waals surface area (Å²) in [7, 11) is 0. The fourth-order valence-corrected chi connectivity index (χ4v) is 2.82. The van der Waals surface area contributed by atoms with Crippen LogP contribution in [-0.4, -0.2) is 21.7 Å². The number of nitrogens with one attached hydrogen (secondary N) is 1. The topological polar surface area (TPSA) is 46.9 Å². The Labute approximate surface area is 119 Å². The predicted molar refractivity (Wildman–Crippen MR) is 76.4 cm³/mol. The molecule has 0 aromatic carbocycles. The van der Waals surface area contributed by atoms with Gasteiger partial charge in [0.05, 0.1) is 16.4 Å². The number of carbonyl (C=O) groups excluding carboxylic acids is 1. The lowest BCUT2D eigenvalue weighted by atomic mass is 9.95. The first kappa shape index (κ1) is 14.4. The van der Waals surface area contributed by atoms with Gasteiger partial charge < -0.3 is 5.32 Å². The number of halogens is 1. The van der Waals surface area contributed by atoms with Crippen molar-refractivity contribution in [2.75, 3.05) is 0 Å². The molecule has 1 aromatic heterocycles. The van der Waals surface area contributed by atoms with Gasteiger partial charge in [-0.25, -0.2) is 0 Å². The molecule has 1 aromatic rings. The molecule has 1 atom stereocenters. The molecule has 1 saturated carbocycles. The normalized spacial score (nSPS) is 18.3. The van der Waals surface area contributed by atoms with Gasteiger partial charge in [0.1, 0.15) is 6.04 Å². The van der Waals surface area contributed by atoms with Gasteiger partial charge in [-0.2, -0.15) is 5.10 Å². The first-order valence-electron chi connectivity index (χ1n) is 7.02. The smallest absolute Gasteiger partial charge is 0.244 e. The number of hydrogen-bond acceptors (Lipinski definition) is 2. The minimum absolute atomic E-state index is 0.0363. The van der Waals surface area contributed by atoms with Gasteiger partial charge in [0, 0.05) is 6.04 Å². The molecule has 1 N–H and O–H groups in total. The van der Waals surface area contributed by atoms with Crippen molar-refractivity contribution >= 4 is 17.5 Å². The summed E-state index contributed by atoms with van der Waals surface area (Å²) < 4.78 is 1.72. The fraction of sp³-hybridized carbons (Fsp3) is 0.714. The van der Waals surface area contributed by atoms with Crippen LogP contribution in [0.2, 0.25) is 5.02 Å². The molecule has 1 aliphatic carbocycles. The molecular formula is C14H22ClN3O. The zero-order chi connectivity index (χ0) is 14.0. The van der Waals surface area contributed by atoms with Crippen LogP contribution in [0, 0.1) is 13.8 Å². The van der Waals surface area contributed by atoms with E-state index in [0.29, 0.717) is 11.1 Å². The van der Waals surface area contributed by atoms with E-state index in [-0.39, 0.29) is 11.9 Å². The molecule has 0 bridgehead atoms. The van der Waals surface area contributed by atoms with Crippen molar-refractivity contribution in [1.29, 1.82) is 0 Å². The van der Waals surface area contributed by atoms with E-state index in [0.717, 1.165) is 24.2 Å². The number of aryl methyl sites for hydroxylation is 1. The SMILES string of the molecule is Cc1nn(C(C)C(=O)NC2CCCCC2)c(C)c1Cl. The number of carbonyl (C=O) groups is 1. The number of hydrogen-bond donors (Lipinski definition) is 1. The van der Waals surface area contributed by atoms with E-state index in [9.17, 15) is 4.79 Å². The first-order valence-corrected chi connectivity index (χ1v) is 7.40. The second-order valence-corrected chi connectivity index (χ2v) is 5.83. The molecule has 106 valence electrons. The maximum atomic E-state index is 12.3. The molecule has 2 rings (SSSR count). The predicted octanol–water partition coefficient (Wildman–Crippen LogP) is 3.16. The van der Waals surface area contributed by atoms with E-state index in [1.165, 1.54) is 19.3 Å². The molecule has 4 nitrogen and oxygen atoms in total. The fourth-order valence-electron chi connectivity index (χ4n) is 2.70. The number of rotatable bonds is 3. The van der Waals surface area contributed by atoms with Crippen molar-refractivity contribution in [1.82, 2.24) is 15.1 Å². The van der Waals surface area contributed by atoms with Crippen LogP contribution in [0.4, 0.5) is 0 Å². The molecule has 0 spiro atoms.